The summed E-state index contributed by atoms with van der Waals surface area (Å²) in [5, 5.41) is 0. The summed E-state index contributed by atoms with van der Waals surface area (Å²) in [5.41, 5.74) is 0.737. The van der Waals surface area contributed by atoms with E-state index in [0.29, 0.717) is 11.5 Å². The first-order chi connectivity index (χ1) is 10.6. The lowest BCUT2D eigenvalue weighted by Crippen LogP contribution is -2.03. The molecule has 112 valence electrons. The summed E-state index contributed by atoms with van der Waals surface area (Å²) >= 11 is 3.39. The van der Waals surface area contributed by atoms with Crippen molar-refractivity contribution >= 4 is 28.0 Å². The molecule has 2 aromatic carbocycles. The number of ether oxygens (including phenoxy) is 3. The first kappa shape index (κ1) is 14.6. The van der Waals surface area contributed by atoms with Crippen LogP contribution >= 0.6 is 15.9 Å². The number of benzene rings is 2. The van der Waals surface area contributed by atoms with Crippen LogP contribution in [0.4, 0.5) is 4.39 Å². The van der Waals surface area contributed by atoms with Crippen LogP contribution in [0.25, 0.3) is 6.08 Å². The molecule has 0 atom stereocenters. The molecule has 0 aliphatic carbocycles. The van der Waals surface area contributed by atoms with Gasteiger partial charge < -0.3 is 14.2 Å². The molecule has 22 heavy (non-hydrogen) atoms. The van der Waals surface area contributed by atoms with E-state index in [1.165, 1.54) is 24.3 Å². The van der Waals surface area contributed by atoms with Crippen LogP contribution in [0.15, 0.2) is 46.9 Å². The summed E-state index contributed by atoms with van der Waals surface area (Å²) in [6.07, 6.45) is 2.83. The fraction of sp³-hybridized carbons (Fsp3) is 0.0625. The Labute approximate surface area is 134 Å². The minimum Gasteiger partial charge on any atom is -0.454 e. The second-order valence-corrected chi connectivity index (χ2v) is 5.29. The van der Waals surface area contributed by atoms with E-state index >= 15 is 0 Å². The van der Waals surface area contributed by atoms with E-state index in [2.05, 4.69) is 15.9 Å². The lowest BCUT2D eigenvalue weighted by Gasteiger charge is -2.03. The maximum Gasteiger partial charge on any atom is 0.336 e. The standard InChI is InChI=1S/C16H10BrFO4/c17-13-8-15-14(20-9-21-15)6-10(13)4-5-16(19)22-12-3-1-2-11(18)7-12/h1-8H,9H2/b5-4+. The molecule has 0 bridgehead atoms. The molecule has 0 unspecified atom stereocenters. The zero-order chi connectivity index (χ0) is 15.5. The van der Waals surface area contributed by atoms with Gasteiger partial charge in [-0.1, -0.05) is 22.0 Å². The Morgan fingerprint density at radius 3 is 2.77 bits per heavy atom. The third-order valence-electron chi connectivity index (χ3n) is 2.91. The molecule has 0 saturated carbocycles. The number of carbonyl (C=O) groups excluding carboxylic acids is 1. The van der Waals surface area contributed by atoms with Crippen molar-refractivity contribution in [2.45, 2.75) is 0 Å². The van der Waals surface area contributed by atoms with Gasteiger partial charge in [0, 0.05) is 16.6 Å². The number of halogens is 2. The Hall–Kier alpha value is -2.34. The molecule has 0 aromatic heterocycles. The van der Waals surface area contributed by atoms with E-state index in [9.17, 15) is 9.18 Å². The summed E-state index contributed by atoms with van der Waals surface area (Å²) in [7, 11) is 0. The van der Waals surface area contributed by atoms with E-state index in [0.717, 1.165) is 16.1 Å². The van der Waals surface area contributed by atoms with Crippen LogP contribution in [-0.2, 0) is 4.79 Å². The van der Waals surface area contributed by atoms with Crippen molar-refractivity contribution in [2.75, 3.05) is 6.79 Å². The molecule has 0 amide bonds. The van der Waals surface area contributed by atoms with Gasteiger partial charge in [-0.15, -0.1) is 0 Å². The van der Waals surface area contributed by atoms with Crippen molar-refractivity contribution in [2.24, 2.45) is 0 Å². The molecule has 1 aliphatic heterocycles. The minimum atomic E-state index is -0.602. The van der Waals surface area contributed by atoms with Gasteiger partial charge in [0.1, 0.15) is 11.6 Å². The highest BCUT2D eigenvalue weighted by Crippen LogP contribution is 2.37. The van der Waals surface area contributed by atoms with Crippen molar-refractivity contribution in [3.8, 4) is 17.2 Å². The van der Waals surface area contributed by atoms with Gasteiger partial charge in [0.15, 0.2) is 11.5 Å². The molecule has 0 radical (unpaired) electrons. The highest BCUT2D eigenvalue weighted by molar-refractivity contribution is 9.10. The van der Waals surface area contributed by atoms with Gasteiger partial charge in [-0.2, -0.15) is 0 Å². The van der Waals surface area contributed by atoms with Gasteiger partial charge in [0.05, 0.1) is 0 Å². The second-order valence-electron chi connectivity index (χ2n) is 4.44. The third kappa shape index (κ3) is 3.28. The summed E-state index contributed by atoms with van der Waals surface area (Å²) in [5.74, 6) is 0.343. The van der Waals surface area contributed by atoms with Crippen LogP contribution in [0.2, 0.25) is 0 Å². The normalized spacial score (nSPS) is 12.6. The van der Waals surface area contributed by atoms with Crippen LogP contribution in [-0.4, -0.2) is 12.8 Å². The first-order valence-corrected chi connectivity index (χ1v) is 7.16. The molecule has 6 heteroatoms. The van der Waals surface area contributed by atoms with Gasteiger partial charge in [-0.3, -0.25) is 0 Å². The summed E-state index contributed by atoms with van der Waals surface area (Å²) in [6, 6.07) is 8.90. The maximum atomic E-state index is 13.0. The highest BCUT2D eigenvalue weighted by Gasteiger charge is 2.15. The van der Waals surface area contributed by atoms with E-state index in [4.69, 9.17) is 14.2 Å². The van der Waals surface area contributed by atoms with E-state index in [1.807, 2.05) is 0 Å². The number of hydrogen-bond acceptors (Lipinski definition) is 4. The molecule has 0 N–H and O–H groups in total. The fourth-order valence-corrected chi connectivity index (χ4v) is 2.35. The Bertz CT molecular complexity index is 758. The Balaban J connectivity index is 1.72. The second kappa shape index (κ2) is 6.19. The Morgan fingerprint density at radius 2 is 2.00 bits per heavy atom. The summed E-state index contributed by atoms with van der Waals surface area (Å²) in [4.78, 5) is 11.7. The fourth-order valence-electron chi connectivity index (χ4n) is 1.90. The van der Waals surface area contributed by atoms with Gasteiger partial charge >= 0.3 is 5.97 Å². The molecule has 4 nitrogen and oxygen atoms in total. The van der Waals surface area contributed by atoms with Crippen molar-refractivity contribution in [1.82, 2.24) is 0 Å². The van der Waals surface area contributed by atoms with E-state index in [1.54, 1.807) is 18.2 Å². The minimum absolute atomic E-state index is 0.152. The van der Waals surface area contributed by atoms with Crippen LogP contribution < -0.4 is 14.2 Å². The molecule has 0 spiro atoms. The number of hydrogen-bond donors (Lipinski definition) is 0. The molecule has 1 aliphatic rings. The number of carbonyl (C=O) groups is 1. The quantitative estimate of drug-likeness (QED) is 0.470. The molecular weight excluding hydrogens is 355 g/mol. The molecule has 1 heterocycles. The number of fused-ring (bicyclic) bond motifs is 1. The monoisotopic (exact) mass is 364 g/mol. The number of esters is 1. The molecule has 3 rings (SSSR count). The van der Waals surface area contributed by atoms with Gasteiger partial charge in [-0.25, -0.2) is 9.18 Å². The Kier molecular flexibility index (Phi) is 4.11. The molecular formula is C16H10BrFO4. The lowest BCUT2D eigenvalue weighted by atomic mass is 10.2. The van der Waals surface area contributed by atoms with Crippen molar-refractivity contribution in [3.05, 3.63) is 58.3 Å². The van der Waals surface area contributed by atoms with Crippen LogP contribution in [0.5, 0.6) is 17.2 Å². The average Bonchev–Trinajstić information content (AvgIpc) is 2.92. The molecule has 0 fully saturated rings. The molecule has 0 saturated heterocycles. The molecule has 2 aromatic rings. The smallest absolute Gasteiger partial charge is 0.336 e. The van der Waals surface area contributed by atoms with Gasteiger partial charge in [0.2, 0.25) is 6.79 Å². The first-order valence-electron chi connectivity index (χ1n) is 6.36. The van der Waals surface area contributed by atoms with Crippen LogP contribution in [0.1, 0.15) is 5.56 Å². The largest absolute Gasteiger partial charge is 0.454 e. The zero-order valence-corrected chi connectivity index (χ0v) is 12.8. The van der Waals surface area contributed by atoms with E-state index in [-0.39, 0.29) is 12.5 Å². The SMILES string of the molecule is O=C(/C=C/c1cc2c(cc1Br)OCO2)Oc1cccc(F)c1. The van der Waals surface area contributed by atoms with Crippen molar-refractivity contribution in [3.63, 3.8) is 0 Å². The van der Waals surface area contributed by atoms with Crippen molar-refractivity contribution < 1.29 is 23.4 Å². The predicted molar refractivity (Wildman–Crippen MR) is 81.3 cm³/mol. The highest BCUT2D eigenvalue weighted by atomic mass is 79.9. The summed E-state index contributed by atoms with van der Waals surface area (Å²) < 4.78 is 29.3. The predicted octanol–water partition coefficient (Wildman–Crippen LogP) is 3.94. The third-order valence-corrected chi connectivity index (χ3v) is 3.59. The topological polar surface area (TPSA) is 44.8 Å². The van der Waals surface area contributed by atoms with Gasteiger partial charge in [-0.05, 0) is 35.9 Å². The van der Waals surface area contributed by atoms with Crippen LogP contribution in [0.3, 0.4) is 0 Å². The number of rotatable bonds is 3. The zero-order valence-electron chi connectivity index (χ0n) is 11.2. The van der Waals surface area contributed by atoms with Crippen molar-refractivity contribution in [1.29, 1.82) is 0 Å². The maximum absolute atomic E-state index is 13.0. The average molecular weight is 365 g/mol. The van der Waals surface area contributed by atoms with Gasteiger partial charge in [0.25, 0.3) is 0 Å². The summed E-state index contributed by atoms with van der Waals surface area (Å²) in [6.45, 7) is 0.177. The Morgan fingerprint density at radius 1 is 1.23 bits per heavy atom. The van der Waals surface area contributed by atoms with Crippen LogP contribution in [0, 0.1) is 5.82 Å². The van der Waals surface area contributed by atoms with E-state index < -0.39 is 11.8 Å². The lowest BCUT2D eigenvalue weighted by molar-refractivity contribution is -0.128.